The summed E-state index contributed by atoms with van der Waals surface area (Å²) in [5.74, 6) is 0. The van der Waals surface area contributed by atoms with E-state index in [4.69, 9.17) is 0 Å². The number of aryl methyl sites for hydroxylation is 13. The van der Waals surface area contributed by atoms with Gasteiger partial charge in [0, 0.05) is 0 Å². The largest absolute Gasteiger partial charge is 0.0619 e. The van der Waals surface area contributed by atoms with Crippen LogP contribution >= 0.6 is 0 Å². The van der Waals surface area contributed by atoms with Crippen LogP contribution < -0.4 is 0 Å². The van der Waals surface area contributed by atoms with Crippen LogP contribution in [0, 0.1) is 173 Å². The molecule has 0 saturated carbocycles. The normalized spacial score (nSPS) is 12.4. The van der Waals surface area contributed by atoms with Crippen LogP contribution in [-0.4, -0.2) is 0 Å². The highest BCUT2D eigenvalue weighted by Crippen LogP contribution is 2.50. The molecule has 0 fully saturated rings. The minimum absolute atomic E-state index is 1.10. The molecule has 646 valence electrons. The second kappa shape index (κ2) is 35.9. The van der Waals surface area contributed by atoms with E-state index in [1.807, 2.05) is 0 Å². The summed E-state index contributed by atoms with van der Waals surface area (Å²) in [7, 11) is 0. The van der Waals surface area contributed by atoms with E-state index in [0.29, 0.717) is 0 Å². The summed E-state index contributed by atoms with van der Waals surface area (Å²) in [4.78, 5) is 0. The Balaban J connectivity index is 0.000000104. The van der Waals surface area contributed by atoms with Crippen molar-refractivity contribution < 1.29 is 0 Å². The topological polar surface area (TPSA) is 0 Å². The molecule has 0 bridgehead atoms. The van der Waals surface area contributed by atoms with E-state index in [1.54, 1.807) is 5.56 Å². The summed E-state index contributed by atoms with van der Waals surface area (Å²) in [6.07, 6.45) is 8.86. The fraction of sp³-hybridized carbons (Fsp3) is 0.256. The van der Waals surface area contributed by atoms with Crippen molar-refractivity contribution in [3.05, 3.63) is 465 Å². The lowest BCUT2D eigenvalue weighted by atomic mass is 9.89. The molecule has 129 heavy (non-hydrogen) atoms. The van der Waals surface area contributed by atoms with Crippen molar-refractivity contribution in [3.63, 3.8) is 0 Å². The minimum atomic E-state index is 1.10. The Bertz CT molecular complexity index is 7240. The van der Waals surface area contributed by atoms with Crippen molar-refractivity contribution in [2.45, 2.75) is 224 Å². The van der Waals surface area contributed by atoms with E-state index < -0.39 is 0 Å². The Hall–Kier alpha value is -12.5. The molecule has 0 heteroatoms. The lowest BCUT2D eigenvalue weighted by Crippen LogP contribution is -1.98. The lowest BCUT2D eigenvalue weighted by molar-refractivity contribution is 1.15. The van der Waals surface area contributed by atoms with Gasteiger partial charge in [-0.1, -0.05) is 248 Å². The molecule has 8 aliphatic rings. The monoisotopic (exact) mass is 1680 g/mol. The van der Waals surface area contributed by atoms with Gasteiger partial charge in [0.05, 0.1) is 0 Å². The Morgan fingerprint density at radius 1 is 0.124 bits per heavy atom. The summed E-state index contributed by atoms with van der Waals surface area (Å²) in [6.45, 7) is 55.7. The molecule has 0 aliphatic heterocycles. The Labute approximate surface area is 772 Å². The Morgan fingerprint density at radius 3 is 0.969 bits per heavy atom. The average molecular weight is 1680 g/mol. The molecule has 0 atom stereocenters. The number of fused-ring (bicyclic) bond motifs is 24. The summed E-state index contributed by atoms with van der Waals surface area (Å²) < 4.78 is 0. The zero-order valence-corrected chi connectivity index (χ0v) is 81.7. The molecule has 0 heterocycles. The molecule has 0 aromatic heterocycles. The first-order chi connectivity index (χ1) is 61.8. The maximum atomic E-state index is 2.36. The average Bonchev–Trinajstić information content (AvgIpc) is 1.62. The van der Waals surface area contributed by atoms with E-state index in [0.717, 1.165) is 51.4 Å². The lowest BCUT2D eigenvalue weighted by Gasteiger charge is -2.16. The van der Waals surface area contributed by atoms with Crippen LogP contribution in [0.4, 0.5) is 0 Å². The van der Waals surface area contributed by atoms with Crippen molar-refractivity contribution in [1.29, 1.82) is 0 Å². The van der Waals surface area contributed by atoms with Crippen molar-refractivity contribution in [2.75, 3.05) is 0 Å². The van der Waals surface area contributed by atoms with Crippen molar-refractivity contribution >= 4 is 0 Å². The van der Waals surface area contributed by atoms with Gasteiger partial charge in [0.15, 0.2) is 0 Å². The van der Waals surface area contributed by atoms with Gasteiger partial charge in [0.2, 0.25) is 0 Å². The minimum Gasteiger partial charge on any atom is -0.0619 e. The molecule has 16 aromatic carbocycles. The van der Waals surface area contributed by atoms with Gasteiger partial charge in [-0.2, -0.15) is 0 Å². The van der Waals surface area contributed by atoms with Crippen LogP contribution in [0.3, 0.4) is 0 Å². The molecular formula is C129H130. The predicted molar refractivity (Wildman–Crippen MR) is 556 cm³/mol. The van der Waals surface area contributed by atoms with E-state index >= 15 is 0 Å². The number of hydrogen-bond acceptors (Lipinski definition) is 0. The number of hydrogen-bond donors (Lipinski definition) is 0. The summed E-state index contributed by atoms with van der Waals surface area (Å²) in [5.41, 5.74) is 83.2. The van der Waals surface area contributed by atoms with Gasteiger partial charge in [-0.05, 0) is 530 Å². The van der Waals surface area contributed by atoms with Crippen LogP contribution in [0.2, 0.25) is 0 Å². The van der Waals surface area contributed by atoms with E-state index in [2.05, 4.69) is 410 Å². The number of rotatable bonds is 0. The summed E-state index contributed by atoms with van der Waals surface area (Å²) in [5, 5.41) is 0. The molecule has 0 unspecified atom stereocenters. The SMILES string of the molecule is Cc1c(C)c(C)c2c(c1C)Cc1ccccc1-2.Cc1cc(C)c2c(c1C)-c1ccccc1C2.Cc1cc2c(c(C)c1C)-c1ccccc1C2.Cc1ccc2c(c1)-c1c(C)c(C)cc(C)c1C2.Cc1ccc2c(c1)Cc1ccc(C)c(C)c1-2.Cc1ccc2c(c1C)-c1c(C)cccc1C2.Cc1ccc2c(c1C)-c1cccc(C)c1C2.Cc1ccc2c(c1C)-c1ccccc1C2. The zero-order valence-electron chi connectivity index (χ0n) is 81.7. The van der Waals surface area contributed by atoms with Crippen LogP contribution in [0.15, 0.2) is 237 Å². The highest BCUT2D eigenvalue weighted by molar-refractivity contribution is 5.89. The first kappa shape index (κ1) is 88.5. The second-order valence-electron chi connectivity index (χ2n) is 39.0. The second-order valence-corrected chi connectivity index (χ2v) is 39.0. The van der Waals surface area contributed by atoms with Crippen LogP contribution in [0.25, 0.3) is 89.0 Å². The van der Waals surface area contributed by atoms with Gasteiger partial charge in [-0.25, -0.2) is 0 Å². The van der Waals surface area contributed by atoms with E-state index in [9.17, 15) is 0 Å². The Morgan fingerprint density at radius 2 is 0.434 bits per heavy atom. The van der Waals surface area contributed by atoms with E-state index in [1.165, 1.54) is 312 Å². The third kappa shape index (κ3) is 16.4. The smallest absolute Gasteiger partial charge is 0.00106 e. The summed E-state index contributed by atoms with van der Waals surface area (Å²) >= 11 is 0. The quantitative estimate of drug-likeness (QED) is 0.142. The third-order valence-electron chi connectivity index (χ3n) is 31.2. The predicted octanol–water partition coefficient (Wildman–Crippen LogP) is 33.8. The fourth-order valence-corrected chi connectivity index (χ4v) is 22.5. The molecule has 0 nitrogen and oxygen atoms in total. The van der Waals surface area contributed by atoms with Crippen LogP contribution in [-0.2, 0) is 51.4 Å². The molecule has 0 N–H and O–H groups in total. The standard InChI is InChI=1S/2C17H18.5C16H16.C15H14/c1-10-5-6-14-9-15-12(3)8-11(2)13(4)17(15)16(14)7-10;1-10-11(2)13(4)17-15-8-6-5-7-14(15)9-16(17)12(10)3;1-10-4-7-15-14(8-10)9-13-6-5-11(2)12(3)16(13)15;1-10-7-8-13-9-15-11(2)5-4-6-14(15)16(13)12(10)3;1-10-7-8-14-9-13-6-4-5-11(2)15(13)16(14)12(10)3;1-10-8-14-9-13-6-4-5-7-15(13)16(14)12(3)11(10)2;1-10-8-11(2)15-9-13-6-4-5-7-14(13)16(15)12(10)3;1-10-7-8-13-9-12-5-3-4-6-14(12)15(13)11(10)2/h2*5-8H,9H2,1-4H3;5*4-8H,9H2,1-3H3;3-8H,9H2,1-2H3. The molecule has 24 rings (SSSR count). The highest BCUT2D eigenvalue weighted by Gasteiger charge is 2.31. The first-order valence-corrected chi connectivity index (χ1v) is 47.3. The maximum Gasteiger partial charge on any atom is -0.00106 e. The van der Waals surface area contributed by atoms with Crippen molar-refractivity contribution in [3.8, 4) is 89.0 Å². The molecule has 0 saturated heterocycles. The van der Waals surface area contributed by atoms with Gasteiger partial charge < -0.3 is 0 Å². The molecule has 0 amide bonds. The van der Waals surface area contributed by atoms with Crippen LogP contribution in [0.1, 0.15) is 228 Å². The molecule has 8 aliphatic carbocycles. The fourth-order valence-electron chi connectivity index (χ4n) is 22.5. The first-order valence-electron chi connectivity index (χ1n) is 47.3. The number of benzene rings is 16. The van der Waals surface area contributed by atoms with Crippen LogP contribution in [0.5, 0.6) is 0 Å². The summed E-state index contributed by atoms with van der Waals surface area (Å²) in [6, 6.07) is 87.2. The van der Waals surface area contributed by atoms with Crippen molar-refractivity contribution in [1.82, 2.24) is 0 Å². The maximum absolute atomic E-state index is 2.36. The van der Waals surface area contributed by atoms with Gasteiger partial charge in [0.25, 0.3) is 0 Å². The van der Waals surface area contributed by atoms with Gasteiger partial charge in [-0.3, -0.25) is 0 Å². The third-order valence-corrected chi connectivity index (χ3v) is 31.2. The highest BCUT2D eigenvalue weighted by atomic mass is 14.3. The molecule has 0 spiro atoms. The Kier molecular flexibility index (Phi) is 24.6. The van der Waals surface area contributed by atoms with Gasteiger partial charge in [-0.15, -0.1) is 0 Å². The van der Waals surface area contributed by atoms with Crippen molar-refractivity contribution in [2.24, 2.45) is 0 Å². The molecule has 16 aromatic rings. The molecular weight excluding hydrogens is 1550 g/mol. The molecule has 0 radical (unpaired) electrons. The van der Waals surface area contributed by atoms with Gasteiger partial charge >= 0.3 is 0 Å². The zero-order chi connectivity index (χ0) is 91.1. The van der Waals surface area contributed by atoms with Gasteiger partial charge in [0.1, 0.15) is 0 Å². The van der Waals surface area contributed by atoms with E-state index in [-0.39, 0.29) is 0 Å².